The predicted octanol–water partition coefficient (Wildman–Crippen LogP) is 2.80. The molecular formula is C16H22O5S. The van der Waals surface area contributed by atoms with E-state index in [1.165, 1.54) is 18.2 Å². The molecule has 0 amide bonds. The van der Waals surface area contributed by atoms with Gasteiger partial charge in [-0.1, -0.05) is 23.8 Å². The van der Waals surface area contributed by atoms with E-state index in [-0.39, 0.29) is 17.8 Å². The minimum atomic E-state index is -3.79. The van der Waals surface area contributed by atoms with E-state index in [1.54, 1.807) is 12.1 Å². The van der Waals surface area contributed by atoms with Crippen LogP contribution < -0.4 is 0 Å². The fourth-order valence-corrected chi connectivity index (χ4v) is 3.02. The summed E-state index contributed by atoms with van der Waals surface area (Å²) in [6.07, 6.45) is 3.55. The second-order valence-electron chi connectivity index (χ2n) is 5.26. The standard InChI is InChI=1S/C16H22O5S/c1-3-14(21-16-6-4-5-11-19-16)12-20-22(17,18)15-9-7-13(2)8-10-15/h3,7-10,14,16H,1,4-6,11-12H2,2H3. The van der Waals surface area contributed by atoms with Gasteiger partial charge >= 0.3 is 0 Å². The van der Waals surface area contributed by atoms with Crippen LogP contribution in [0.1, 0.15) is 24.8 Å². The highest BCUT2D eigenvalue weighted by Gasteiger charge is 2.21. The summed E-state index contributed by atoms with van der Waals surface area (Å²) in [5.74, 6) is 0. The van der Waals surface area contributed by atoms with E-state index < -0.39 is 16.2 Å². The Morgan fingerprint density at radius 2 is 2.09 bits per heavy atom. The van der Waals surface area contributed by atoms with E-state index in [0.717, 1.165) is 24.8 Å². The van der Waals surface area contributed by atoms with Gasteiger partial charge in [0.15, 0.2) is 6.29 Å². The molecule has 0 aromatic heterocycles. The molecule has 122 valence electrons. The number of ether oxygens (including phenoxy) is 2. The van der Waals surface area contributed by atoms with Gasteiger partial charge in [0.05, 0.1) is 11.5 Å². The lowest BCUT2D eigenvalue weighted by atomic mass is 10.2. The largest absolute Gasteiger partial charge is 0.353 e. The molecule has 0 bridgehead atoms. The van der Waals surface area contributed by atoms with Crippen LogP contribution in [-0.2, 0) is 23.8 Å². The fourth-order valence-electron chi connectivity index (χ4n) is 2.11. The Bertz CT molecular complexity index is 573. The smallest absolute Gasteiger partial charge is 0.297 e. The molecule has 1 aliphatic rings. The summed E-state index contributed by atoms with van der Waals surface area (Å²) in [6, 6.07) is 6.51. The first kappa shape index (κ1) is 17.1. The van der Waals surface area contributed by atoms with Gasteiger partial charge < -0.3 is 9.47 Å². The molecule has 1 aromatic rings. The Hall–Kier alpha value is -1.21. The van der Waals surface area contributed by atoms with Gasteiger partial charge in [-0.15, -0.1) is 6.58 Å². The van der Waals surface area contributed by atoms with Crippen LogP contribution in [0.2, 0.25) is 0 Å². The summed E-state index contributed by atoms with van der Waals surface area (Å²) in [6.45, 7) is 6.10. The van der Waals surface area contributed by atoms with Crippen molar-refractivity contribution < 1.29 is 22.1 Å². The third-order valence-corrected chi connectivity index (χ3v) is 4.72. The molecule has 0 radical (unpaired) electrons. The second kappa shape index (κ2) is 7.87. The molecular weight excluding hydrogens is 304 g/mol. The number of hydrogen-bond donors (Lipinski definition) is 0. The van der Waals surface area contributed by atoms with Crippen LogP contribution in [0, 0.1) is 6.92 Å². The van der Waals surface area contributed by atoms with Crippen LogP contribution in [0.3, 0.4) is 0 Å². The van der Waals surface area contributed by atoms with Crippen LogP contribution in [0.25, 0.3) is 0 Å². The van der Waals surface area contributed by atoms with Crippen molar-refractivity contribution in [2.75, 3.05) is 13.2 Å². The summed E-state index contributed by atoms with van der Waals surface area (Å²) in [5, 5.41) is 0. The monoisotopic (exact) mass is 326 g/mol. The number of rotatable bonds is 7. The topological polar surface area (TPSA) is 61.8 Å². The van der Waals surface area contributed by atoms with Crippen molar-refractivity contribution in [1.29, 1.82) is 0 Å². The normalized spacial score (nSPS) is 20.5. The van der Waals surface area contributed by atoms with Crippen LogP contribution in [0.5, 0.6) is 0 Å². The van der Waals surface area contributed by atoms with E-state index in [9.17, 15) is 8.42 Å². The summed E-state index contributed by atoms with van der Waals surface area (Å²) in [5.41, 5.74) is 0.987. The maximum Gasteiger partial charge on any atom is 0.297 e. The third kappa shape index (κ3) is 4.91. The minimum Gasteiger partial charge on any atom is -0.353 e. The van der Waals surface area contributed by atoms with Gasteiger partial charge in [-0.2, -0.15) is 8.42 Å². The first-order chi connectivity index (χ1) is 10.5. The zero-order chi connectivity index (χ0) is 16.0. The molecule has 2 rings (SSSR count). The summed E-state index contributed by atoms with van der Waals surface area (Å²) < 4.78 is 40.4. The summed E-state index contributed by atoms with van der Waals surface area (Å²) >= 11 is 0. The first-order valence-corrected chi connectivity index (χ1v) is 8.78. The Labute approximate surface area is 132 Å². The van der Waals surface area contributed by atoms with Gasteiger partial charge in [0.1, 0.15) is 6.10 Å². The van der Waals surface area contributed by atoms with Crippen LogP contribution >= 0.6 is 0 Å². The van der Waals surface area contributed by atoms with Crippen molar-refractivity contribution in [2.24, 2.45) is 0 Å². The highest BCUT2D eigenvalue weighted by molar-refractivity contribution is 7.86. The maximum absolute atomic E-state index is 12.1. The SMILES string of the molecule is C=CC(COS(=O)(=O)c1ccc(C)cc1)OC1CCCCO1. The molecule has 5 nitrogen and oxygen atoms in total. The third-order valence-electron chi connectivity index (χ3n) is 3.42. The minimum absolute atomic E-state index is 0.112. The van der Waals surface area contributed by atoms with Crippen molar-refractivity contribution in [1.82, 2.24) is 0 Å². The Kier molecular flexibility index (Phi) is 6.14. The molecule has 1 aliphatic heterocycles. The molecule has 1 saturated heterocycles. The van der Waals surface area contributed by atoms with Gasteiger partial charge in [0.25, 0.3) is 10.1 Å². The molecule has 2 unspecified atom stereocenters. The molecule has 0 spiro atoms. The van der Waals surface area contributed by atoms with Crippen molar-refractivity contribution in [3.8, 4) is 0 Å². The lowest BCUT2D eigenvalue weighted by Gasteiger charge is -2.26. The van der Waals surface area contributed by atoms with Crippen LogP contribution in [0.15, 0.2) is 41.8 Å². The van der Waals surface area contributed by atoms with Crippen molar-refractivity contribution >= 4 is 10.1 Å². The van der Waals surface area contributed by atoms with Crippen LogP contribution in [-0.4, -0.2) is 34.0 Å². The van der Waals surface area contributed by atoms with Crippen molar-refractivity contribution in [3.05, 3.63) is 42.5 Å². The molecule has 1 heterocycles. The molecule has 0 saturated carbocycles. The number of hydrogen-bond acceptors (Lipinski definition) is 5. The molecule has 0 aliphatic carbocycles. The molecule has 1 aromatic carbocycles. The van der Waals surface area contributed by atoms with E-state index in [4.69, 9.17) is 13.7 Å². The molecule has 0 N–H and O–H groups in total. The number of benzene rings is 1. The van der Waals surface area contributed by atoms with E-state index in [2.05, 4.69) is 6.58 Å². The fraction of sp³-hybridized carbons (Fsp3) is 0.500. The average molecular weight is 326 g/mol. The molecule has 2 atom stereocenters. The van der Waals surface area contributed by atoms with Gasteiger partial charge in [-0.25, -0.2) is 0 Å². The van der Waals surface area contributed by atoms with Gasteiger partial charge in [0, 0.05) is 6.61 Å². The second-order valence-corrected chi connectivity index (χ2v) is 6.87. The number of aryl methyl sites for hydroxylation is 1. The lowest BCUT2D eigenvalue weighted by molar-refractivity contribution is -0.182. The molecule has 1 fully saturated rings. The quantitative estimate of drug-likeness (QED) is 0.569. The molecule has 22 heavy (non-hydrogen) atoms. The highest BCUT2D eigenvalue weighted by Crippen LogP contribution is 2.18. The average Bonchev–Trinajstić information content (AvgIpc) is 2.53. The van der Waals surface area contributed by atoms with E-state index in [0.29, 0.717) is 6.61 Å². The van der Waals surface area contributed by atoms with Crippen molar-refractivity contribution in [2.45, 2.75) is 43.5 Å². The summed E-state index contributed by atoms with van der Waals surface area (Å²) in [7, 11) is -3.79. The van der Waals surface area contributed by atoms with Gasteiger partial charge in [-0.3, -0.25) is 4.18 Å². The Morgan fingerprint density at radius 3 is 2.68 bits per heavy atom. The Balaban J connectivity index is 1.91. The van der Waals surface area contributed by atoms with Gasteiger partial charge in [0.2, 0.25) is 0 Å². The zero-order valence-electron chi connectivity index (χ0n) is 12.7. The summed E-state index contributed by atoms with van der Waals surface area (Å²) in [4.78, 5) is 0.134. The predicted molar refractivity (Wildman–Crippen MR) is 83.0 cm³/mol. The zero-order valence-corrected chi connectivity index (χ0v) is 13.6. The van der Waals surface area contributed by atoms with Gasteiger partial charge in [-0.05, 0) is 38.3 Å². The highest BCUT2D eigenvalue weighted by atomic mass is 32.2. The first-order valence-electron chi connectivity index (χ1n) is 7.37. The Morgan fingerprint density at radius 1 is 1.36 bits per heavy atom. The van der Waals surface area contributed by atoms with E-state index >= 15 is 0 Å². The lowest BCUT2D eigenvalue weighted by Crippen LogP contribution is -2.30. The van der Waals surface area contributed by atoms with E-state index in [1.807, 2.05) is 6.92 Å². The maximum atomic E-state index is 12.1. The van der Waals surface area contributed by atoms with Crippen molar-refractivity contribution in [3.63, 3.8) is 0 Å². The van der Waals surface area contributed by atoms with Crippen LogP contribution in [0.4, 0.5) is 0 Å². The molecule has 6 heteroatoms.